The van der Waals surface area contributed by atoms with E-state index in [1.165, 1.54) is 29.9 Å². The molecule has 0 spiro atoms. The van der Waals surface area contributed by atoms with Gasteiger partial charge in [0.1, 0.15) is 16.4 Å². The lowest BCUT2D eigenvalue weighted by Gasteiger charge is -2.18. The van der Waals surface area contributed by atoms with Crippen LogP contribution < -0.4 is 5.32 Å². The lowest BCUT2D eigenvalue weighted by Crippen LogP contribution is -2.29. The topological polar surface area (TPSA) is 290 Å². The Morgan fingerprint density at radius 2 is 1.12 bits per heavy atom. The second-order valence-corrected chi connectivity index (χ2v) is 26.2. The van der Waals surface area contributed by atoms with Gasteiger partial charge in [-0.3, -0.25) is 9.97 Å². The van der Waals surface area contributed by atoms with Crippen molar-refractivity contribution in [2.75, 3.05) is 36.9 Å². The Hall–Kier alpha value is -5.01. The smallest absolute Gasteiger partial charge is 0.209 e. The van der Waals surface area contributed by atoms with E-state index in [0.717, 1.165) is 62.8 Å². The van der Waals surface area contributed by atoms with Crippen molar-refractivity contribution in [2.45, 2.75) is 106 Å². The summed E-state index contributed by atoms with van der Waals surface area (Å²) in [4.78, 5) is 23.0. The Bertz CT molecular complexity index is 2930. The number of rotatable bonds is 9. The van der Waals surface area contributed by atoms with Gasteiger partial charge < -0.3 is 25.6 Å². The number of sulfone groups is 4. The van der Waals surface area contributed by atoms with E-state index in [1.54, 1.807) is 83.7 Å². The fourth-order valence-electron chi connectivity index (χ4n) is 4.68. The molecule has 0 atom stereocenters. The Morgan fingerprint density at radius 1 is 0.603 bits per heavy atom. The maximum absolute atomic E-state index is 11.4. The van der Waals surface area contributed by atoms with Crippen LogP contribution in [-0.4, -0.2) is 116 Å². The van der Waals surface area contributed by atoms with E-state index < -0.39 is 50.6 Å². The molecule has 0 aliphatic rings. The van der Waals surface area contributed by atoms with Crippen molar-refractivity contribution in [3.63, 3.8) is 0 Å². The zero-order valence-electron chi connectivity index (χ0n) is 40.9. The van der Waals surface area contributed by atoms with E-state index in [4.69, 9.17) is 5.11 Å². The molecule has 23 heteroatoms. The summed E-state index contributed by atoms with van der Waals surface area (Å²) in [6.45, 7) is 18.4. The highest BCUT2D eigenvalue weighted by Crippen LogP contribution is 2.18. The van der Waals surface area contributed by atoms with Crippen LogP contribution in [-0.2, 0) is 51.6 Å². The third kappa shape index (κ3) is 25.4. The number of H-pyrrole nitrogens is 1. The molecular weight excluding hydrogens is 975 g/mol. The Morgan fingerprint density at radius 3 is 1.44 bits per heavy atom. The number of aliphatic hydroxyl groups excluding tert-OH is 1. The molecule has 0 saturated carbocycles. The standard InChI is InChI=1S/C11H18N2O3S.C9H13NO.C7H9NO2S.C7H9NO.C6H9NO2S.C5H7NO2S2/c1-8-5-9(12-7-11(2,3)14)13-10(6-8)17(4,15)16;1-7-4-5-10-8(6-7)9(2,3)11;1-6-3-4-8-7(5-6)11(2,9)10;1-6-2-3-8-7(4-6)5-9;1-5-3-6(7-4-5)10(2,8)9;1-4-3-6-5(9-4)10(2,7)8/h5-6,14H,7H2,1-4H3,(H,12,13);4-6,11H,1-3H3;3-5H,1-2H3;2-4,9H,5H2,1H3;3-4,7H,1-2H3;3H,1-2H3. The molecule has 5 N–H and O–H groups in total. The van der Waals surface area contributed by atoms with Crippen LogP contribution in [0.1, 0.15) is 71.8 Å². The number of pyridine rings is 4. The third-order valence-electron chi connectivity index (χ3n) is 8.09. The SMILES string of the molecule is Cc1c[nH]c(S(C)(=O)=O)c1.Cc1cc(NCC(C)(C)O)nc(S(C)(=O)=O)c1.Cc1ccnc(C(C)(C)O)c1.Cc1ccnc(CO)c1.Cc1ccnc(S(C)(=O)=O)c1.Cc1cnc(S(C)(=O)=O)s1. The van der Waals surface area contributed by atoms with E-state index in [2.05, 4.69) is 35.2 Å². The van der Waals surface area contributed by atoms with Gasteiger partial charge >= 0.3 is 0 Å². The van der Waals surface area contributed by atoms with Crippen molar-refractivity contribution in [3.05, 3.63) is 130 Å². The second-order valence-electron chi connectivity index (χ2n) is 16.8. The van der Waals surface area contributed by atoms with Gasteiger partial charge in [0.2, 0.25) is 14.2 Å². The molecule has 0 radical (unpaired) electrons. The summed E-state index contributed by atoms with van der Waals surface area (Å²) in [5.41, 5.74) is 4.64. The number of nitrogens with zero attached hydrogens (tertiary/aromatic N) is 5. The number of aryl methyl sites for hydroxylation is 6. The maximum atomic E-state index is 11.4. The van der Waals surface area contributed by atoms with Gasteiger partial charge in [-0.1, -0.05) is 0 Å². The van der Waals surface area contributed by atoms with Crippen LogP contribution >= 0.6 is 11.3 Å². The van der Waals surface area contributed by atoms with Gasteiger partial charge in [-0.2, -0.15) is 0 Å². The lowest BCUT2D eigenvalue weighted by atomic mass is 10.0. The molecule has 0 saturated heterocycles. The van der Waals surface area contributed by atoms with Gasteiger partial charge in [-0.15, -0.1) is 11.3 Å². The molecule has 68 heavy (non-hydrogen) atoms. The molecule has 0 aliphatic heterocycles. The highest BCUT2D eigenvalue weighted by atomic mass is 32.2. The van der Waals surface area contributed by atoms with Gasteiger partial charge in [0.25, 0.3) is 0 Å². The van der Waals surface area contributed by atoms with Crippen molar-refractivity contribution in [3.8, 4) is 0 Å². The van der Waals surface area contributed by atoms with E-state index in [9.17, 15) is 43.9 Å². The monoisotopic (exact) mass is 1040 g/mol. The van der Waals surface area contributed by atoms with E-state index in [1.807, 2.05) is 58.9 Å². The quantitative estimate of drug-likeness (QED) is 0.113. The van der Waals surface area contributed by atoms with Crippen LogP contribution in [0, 0.1) is 41.5 Å². The molecule has 6 rings (SSSR count). The van der Waals surface area contributed by atoms with Crippen LogP contribution in [0.3, 0.4) is 0 Å². The van der Waals surface area contributed by atoms with Crippen molar-refractivity contribution < 1.29 is 49.0 Å². The molecule has 0 bridgehead atoms. The molecule has 6 aromatic heterocycles. The Balaban J connectivity index is 0.000000414. The van der Waals surface area contributed by atoms with E-state index in [0.29, 0.717) is 12.4 Å². The van der Waals surface area contributed by atoms with E-state index >= 15 is 0 Å². The van der Waals surface area contributed by atoms with Gasteiger partial charge in [-0.05, 0) is 152 Å². The number of hydrogen-bond donors (Lipinski definition) is 5. The largest absolute Gasteiger partial charge is 0.390 e. The molecular formula is C45H65N7O11S5. The fourth-order valence-corrected chi connectivity index (χ4v) is 8.40. The summed E-state index contributed by atoms with van der Waals surface area (Å²) in [6, 6.07) is 15.7. The molecule has 376 valence electrons. The summed E-state index contributed by atoms with van der Waals surface area (Å²) in [5.74, 6) is 0.451. The fraction of sp³-hybridized carbons (Fsp3) is 0.400. The third-order valence-corrected chi connectivity index (χ3v) is 13.7. The summed E-state index contributed by atoms with van der Waals surface area (Å²) >= 11 is 1.20. The summed E-state index contributed by atoms with van der Waals surface area (Å²) in [6.07, 6.45) is 12.7. The molecule has 6 heterocycles. The van der Waals surface area contributed by atoms with Crippen LogP contribution in [0.15, 0.2) is 105 Å². The molecule has 0 unspecified atom stereocenters. The van der Waals surface area contributed by atoms with Crippen LogP contribution in [0.4, 0.5) is 5.82 Å². The average molecular weight is 1040 g/mol. The number of nitrogens with one attached hydrogen (secondary N) is 2. The van der Waals surface area contributed by atoms with Crippen LogP contribution in [0.5, 0.6) is 0 Å². The summed E-state index contributed by atoms with van der Waals surface area (Å²) < 4.78 is 88.1. The first-order valence-corrected chi connectivity index (χ1v) is 28.7. The number of aromatic nitrogens is 6. The number of anilines is 1. The predicted octanol–water partition coefficient (Wildman–Crippen LogP) is 5.85. The Labute approximate surface area is 406 Å². The molecule has 0 amide bonds. The molecule has 0 aromatic carbocycles. The average Bonchev–Trinajstić information content (AvgIpc) is 3.86. The Kier molecular flexibility index (Phi) is 23.4. The normalized spacial score (nSPS) is 11.6. The van der Waals surface area contributed by atoms with Crippen molar-refractivity contribution in [2.24, 2.45) is 0 Å². The van der Waals surface area contributed by atoms with Gasteiger partial charge in [-0.25, -0.2) is 48.6 Å². The summed E-state index contributed by atoms with van der Waals surface area (Å²) in [5, 5.41) is 31.1. The minimum atomic E-state index is -3.32. The zero-order valence-corrected chi connectivity index (χ0v) is 45.0. The highest BCUT2D eigenvalue weighted by molar-refractivity contribution is 7.92. The minimum Gasteiger partial charge on any atom is -0.390 e. The number of aromatic amines is 1. The minimum absolute atomic E-state index is 0.0294. The maximum Gasteiger partial charge on any atom is 0.209 e. The number of aliphatic hydroxyl groups is 3. The van der Waals surface area contributed by atoms with Gasteiger partial charge in [0.05, 0.1) is 23.6 Å². The number of hydrogen-bond acceptors (Lipinski definition) is 18. The summed E-state index contributed by atoms with van der Waals surface area (Å²) in [7, 11) is -12.6. The van der Waals surface area contributed by atoms with E-state index in [-0.39, 0.29) is 26.0 Å². The predicted molar refractivity (Wildman–Crippen MR) is 267 cm³/mol. The highest BCUT2D eigenvalue weighted by Gasteiger charge is 2.17. The first-order valence-electron chi connectivity index (χ1n) is 20.3. The van der Waals surface area contributed by atoms with Gasteiger partial charge in [0, 0.05) is 67.4 Å². The van der Waals surface area contributed by atoms with Gasteiger partial charge in [0.15, 0.2) is 39.6 Å². The molecule has 0 fully saturated rings. The van der Waals surface area contributed by atoms with Crippen LogP contribution in [0.25, 0.3) is 0 Å². The first-order chi connectivity index (χ1) is 30.9. The van der Waals surface area contributed by atoms with Crippen molar-refractivity contribution in [1.29, 1.82) is 0 Å². The second kappa shape index (κ2) is 26.1. The molecule has 18 nitrogen and oxygen atoms in total. The first kappa shape index (κ1) is 61.0. The molecule has 6 aromatic rings. The lowest BCUT2D eigenvalue weighted by molar-refractivity contribution is 0.0737. The zero-order chi connectivity index (χ0) is 52.5. The number of thiazole rings is 1. The van der Waals surface area contributed by atoms with Crippen molar-refractivity contribution >= 4 is 56.5 Å². The molecule has 0 aliphatic carbocycles. The van der Waals surface area contributed by atoms with Crippen LogP contribution in [0.2, 0.25) is 0 Å². The van der Waals surface area contributed by atoms with Crippen molar-refractivity contribution in [1.82, 2.24) is 29.9 Å².